The van der Waals surface area contributed by atoms with E-state index in [1.807, 2.05) is 19.1 Å². The molecule has 1 aromatic carbocycles. The lowest BCUT2D eigenvalue weighted by Gasteiger charge is -2.48. The predicted octanol–water partition coefficient (Wildman–Crippen LogP) is 3.19. The van der Waals surface area contributed by atoms with Gasteiger partial charge in [0.2, 0.25) is 0 Å². The molecular formula is C26H31F3N6O2. The molecule has 1 atom stereocenters. The van der Waals surface area contributed by atoms with E-state index in [-0.39, 0.29) is 23.8 Å². The van der Waals surface area contributed by atoms with E-state index in [4.69, 9.17) is 0 Å². The highest BCUT2D eigenvalue weighted by molar-refractivity contribution is 5.89. The minimum atomic E-state index is -4.46. The minimum Gasteiger partial charge on any atom is -0.385 e. The summed E-state index contributed by atoms with van der Waals surface area (Å²) in [4.78, 5) is 14.8. The molecule has 3 aromatic rings. The van der Waals surface area contributed by atoms with Gasteiger partial charge >= 0.3 is 6.18 Å². The number of aliphatic hydroxyl groups is 2. The lowest BCUT2D eigenvalue weighted by atomic mass is 9.77. The number of nitrogens with one attached hydrogen (secondary N) is 2. The Balaban J connectivity index is 1.09. The lowest BCUT2D eigenvalue weighted by molar-refractivity contribution is -0.137. The van der Waals surface area contributed by atoms with E-state index in [1.54, 1.807) is 6.20 Å². The van der Waals surface area contributed by atoms with Crippen LogP contribution < -0.4 is 10.6 Å². The van der Waals surface area contributed by atoms with Crippen molar-refractivity contribution in [2.75, 3.05) is 25.0 Å². The van der Waals surface area contributed by atoms with Gasteiger partial charge in [0.25, 0.3) is 0 Å². The molecule has 2 aliphatic rings. The fourth-order valence-electron chi connectivity index (χ4n) is 5.29. The standard InChI is InChI=1S/C26H31F3N6O2/c1-16-2-3-18(11-30-16)25(37)8-6-20(7-9-25)35-13-19(14-35)34-23(36)12-31-24-21-10-17(26(27,28)29)4-5-22(21)32-15-33-24/h2-5,10-11,15,19-20,23,34,36-37H,6-9,12-14H2,1H3,(H,31,32,33). The molecular weight excluding hydrogens is 485 g/mol. The number of benzene rings is 1. The topological polar surface area (TPSA) is 106 Å². The number of alkyl halides is 3. The number of pyridine rings is 1. The molecule has 0 amide bonds. The summed E-state index contributed by atoms with van der Waals surface area (Å²) in [5.41, 5.74) is 0.594. The molecule has 0 bridgehead atoms. The number of aliphatic hydroxyl groups excluding tert-OH is 1. The van der Waals surface area contributed by atoms with Crippen LogP contribution in [0, 0.1) is 6.92 Å². The molecule has 0 radical (unpaired) electrons. The van der Waals surface area contributed by atoms with Gasteiger partial charge in [0.1, 0.15) is 18.4 Å². The van der Waals surface area contributed by atoms with Crippen molar-refractivity contribution in [3.63, 3.8) is 0 Å². The normalized spacial score (nSPS) is 24.1. The molecule has 5 rings (SSSR count). The maximum atomic E-state index is 13.1. The van der Waals surface area contributed by atoms with Crippen molar-refractivity contribution in [1.82, 2.24) is 25.2 Å². The number of nitrogens with zero attached hydrogens (tertiary/aromatic N) is 4. The molecule has 0 spiro atoms. The Morgan fingerprint density at radius 3 is 2.54 bits per heavy atom. The summed E-state index contributed by atoms with van der Waals surface area (Å²) < 4.78 is 39.3. The van der Waals surface area contributed by atoms with E-state index in [2.05, 4.69) is 30.5 Å². The van der Waals surface area contributed by atoms with Gasteiger partial charge in [-0.15, -0.1) is 0 Å². The molecule has 2 fully saturated rings. The lowest BCUT2D eigenvalue weighted by Crippen LogP contribution is -2.64. The Hall–Kier alpha value is -2.86. The molecule has 1 saturated heterocycles. The number of aromatic nitrogens is 3. The summed E-state index contributed by atoms with van der Waals surface area (Å²) >= 11 is 0. The molecule has 3 heterocycles. The second kappa shape index (κ2) is 10.1. The summed E-state index contributed by atoms with van der Waals surface area (Å²) in [7, 11) is 0. The van der Waals surface area contributed by atoms with Gasteiger partial charge in [-0.25, -0.2) is 9.97 Å². The van der Waals surface area contributed by atoms with Crippen LogP contribution in [-0.2, 0) is 11.8 Å². The minimum absolute atomic E-state index is 0.0832. The van der Waals surface area contributed by atoms with Crippen molar-refractivity contribution in [3.05, 3.63) is 59.7 Å². The van der Waals surface area contributed by atoms with Crippen molar-refractivity contribution in [1.29, 1.82) is 0 Å². The number of hydrogen-bond donors (Lipinski definition) is 4. The molecule has 2 aromatic heterocycles. The van der Waals surface area contributed by atoms with Crippen molar-refractivity contribution >= 4 is 16.7 Å². The fraction of sp³-hybridized carbons (Fsp3) is 0.500. The summed E-state index contributed by atoms with van der Waals surface area (Å²) in [6.07, 6.45) is 0.848. The number of likely N-dealkylation sites (tertiary alicyclic amines) is 1. The smallest absolute Gasteiger partial charge is 0.385 e. The first kappa shape index (κ1) is 25.8. The third-order valence-corrected chi connectivity index (χ3v) is 7.51. The summed E-state index contributed by atoms with van der Waals surface area (Å²) in [5, 5.41) is 27.9. The zero-order chi connectivity index (χ0) is 26.2. The van der Waals surface area contributed by atoms with Gasteiger partial charge < -0.3 is 15.5 Å². The van der Waals surface area contributed by atoms with Crippen LogP contribution in [0.15, 0.2) is 42.9 Å². The van der Waals surface area contributed by atoms with Gasteiger partial charge in [-0.05, 0) is 56.9 Å². The first-order chi connectivity index (χ1) is 17.6. The Morgan fingerprint density at radius 2 is 1.86 bits per heavy atom. The monoisotopic (exact) mass is 516 g/mol. The second-order valence-corrected chi connectivity index (χ2v) is 10.1. The van der Waals surface area contributed by atoms with Crippen molar-refractivity contribution < 1.29 is 23.4 Å². The first-order valence-electron chi connectivity index (χ1n) is 12.5. The van der Waals surface area contributed by atoms with Crippen LogP contribution in [0.2, 0.25) is 0 Å². The first-order valence-corrected chi connectivity index (χ1v) is 12.5. The number of aryl methyl sites for hydroxylation is 1. The maximum absolute atomic E-state index is 13.1. The Morgan fingerprint density at radius 1 is 1.11 bits per heavy atom. The average Bonchev–Trinajstić information content (AvgIpc) is 2.85. The van der Waals surface area contributed by atoms with E-state index < -0.39 is 23.6 Å². The zero-order valence-electron chi connectivity index (χ0n) is 20.5. The number of fused-ring (bicyclic) bond motifs is 1. The molecule has 198 valence electrons. The van der Waals surface area contributed by atoms with Gasteiger partial charge in [0.15, 0.2) is 0 Å². The number of anilines is 1. The van der Waals surface area contributed by atoms with Crippen LogP contribution in [0.1, 0.15) is 42.5 Å². The molecule has 11 heteroatoms. The van der Waals surface area contributed by atoms with Crippen LogP contribution in [0.5, 0.6) is 0 Å². The van der Waals surface area contributed by atoms with Crippen LogP contribution in [0.25, 0.3) is 10.9 Å². The summed E-state index contributed by atoms with van der Waals surface area (Å²) in [5.74, 6) is 0.241. The quantitative estimate of drug-likeness (QED) is 0.355. The zero-order valence-corrected chi connectivity index (χ0v) is 20.5. The van der Waals surface area contributed by atoms with Crippen molar-refractivity contribution in [2.24, 2.45) is 0 Å². The molecule has 4 N–H and O–H groups in total. The van der Waals surface area contributed by atoms with Crippen LogP contribution in [-0.4, -0.2) is 68.0 Å². The molecule has 1 aliphatic heterocycles. The highest BCUT2D eigenvalue weighted by Crippen LogP contribution is 2.39. The predicted molar refractivity (Wildman–Crippen MR) is 133 cm³/mol. The van der Waals surface area contributed by atoms with Gasteiger partial charge in [0, 0.05) is 48.0 Å². The van der Waals surface area contributed by atoms with Gasteiger partial charge in [-0.1, -0.05) is 6.07 Å². The molecule has 37 heavy (non-hydrogen) atoms. The molecule has 1 saturated carbocycles. The van der Waals surface area contributed by atoms with Gasteiger partial charge in [-0.3, -0.25) is 15.2 Å². The Bertz CT molecular complexity index is 1230. The largest absolute Gasteiger partial charge is 0.416 e. The molecule has 1 unspecified atom stereocenters. The third-order valence-electron chi connectivity index (χ3n) is 7.51. The highest BCUT2D eigenvalue weighted by atomic mass is 19.4. The van der Waals surface area contributed by atoms with Crippen LogP contribution in [0.3, 0.4) is 0 Å². The third kappa shape index (κ3) is 5.69. The summed E-state index contributed by atoms with van der Waals surface area (Å²) in [6.45, 7) is 3.59. The van der Waals surface area contributed by atoms with Crippen LogP contribution >= 0.6 is 0 Å². The van der Waals surface area contributed by atoms with E-state index in [1.165, 1.54) is 12.4 Å². The maximum Gasteiger partial charge on any atom is 0.416 e. The molecule has 1 aliphatic carbocycles. The number of hydrogen-bond acceptors (Lipinski definition) is 8. The SMILES string of the molecule is Cc1ccc(C2(O)CCC(N3CC(NC(O)CNc4ncnc5ccc(C(F)(F)F)cc45)C3)CC2)cn1. The average molecular weight is 517 g/mol. The van der Waals surface area contributed by atoms with Gasteiger partial charge in [0.05, 0.1) is 23.2 Å². The van der Waals surface area contributed by atoms with Crippen molar-refractivity contribution in [3.8, 4) is 0 Å². The van der Waals surface area contributed by atoms with E-state index in [0.29, 0.717) is 24.4 Å². The fourth-order valence-corrected chi connectivity index (χ4v) is 5.29. The Kier molecular flexibility index (Phi) is 7.06. The Labute approximate surface area is 213 Å². The number of halogens is 3. The molecule has 8 nitrogen and oxygen atoms in total. The van der Waals surface area contributed by atoms with E-state index in [0.717, 1.165) is 49.3 Å². The van der Waals surface area contributed by atoms with Crippen molar-refractivity contribution in [2.45, 2.75) is 62.7 Å². The van der Waals surface area contributed by atoms with Crippen LogP contribution in [0.4, 0.5) is 19.0 Å². The van der Waals surface area contributed by atoms with Gasteiger partial charge in [-0.2, -0.15) is 13.2 Å². The second-order valence-electron chi connectivity index (χ2n) is 10.1. The number of rotatable bonds is 7. The van der Waals surface area contributed by atoms with E-state index in [9.17, 15) is 23.4 Å². The van der Waals surface area contributed by atoms with E-state index >= 15 is 0 Å². The highest BCUT2D eigenvalue weighted by Gasteiger charge is 2.40. The summed E-state index contributed by atoms with van der Waals surface area (Å²) in [6, 6.07) is 7.71.